The Morgan fingerprint density at radius 3 is 2.69 bits per heavy atom. The Morgan fingerprint density at radius 1 is 1.31 bits per heavy atom. The van der Waals surface area contributed by atoms with Crippen molar-refractivity contribution < 1.29 is 9.16 Å². The molecule has 0 fully saturated rings. The van der Waals surface area contributed by atoms with Gasteiger partial charge in [0.15, 0.2) is 13.9 Å². The Balaban J connectivity index is 2.47. The first kappa shape index (κ1) is 23.0. The number of nitriles is 1. The van der Waals surface area contributed by atoms with Crippen molar-refractivity contribution >= 4 is 13.9 Å². The zero-order chi connectivity index (χ0) is 21.5. The van der Waals surface area contributed by atoms with E-state index in [-0.39, 0.29) is 0 Å². The molecule has 1 unspecified atom stereocenters. The van der Waals surface area contributed by atoms with Crippen LogP contribution in [0, 0.1) is 23.2 Å². The van der Waals surface area contributed by atoms with Gasteiger partial charge in [0.05, 0.1) is 7.11 Å². The Labute approximate surface area is 177 Å². The number of unbranched alkanes of at least 4 members (excludes halogenated alkanes) is 1. The second-order valence-corrected chi connectivity index (χ2v) is 13.0. The predicted octanol–water partition coefficient (Wildman–Crippen LogP) is 6.28. The number of nitrogens with zero attached hydrogens (tertiary/aromatic N) is 1. The quantitative estimate of drug-likeness (QED) is 0.220. The molecule has 3 nitrogen and oxygen atoms in total. The molecular formula is C25H33NO2Si. The van der Waals surface area contributed by atoms with Crippen LogP contribution in [0.3, 0.4) is 0 Å². The van der Waals surface area contributed by atoms with Gasteiger partial charge in [-0.2, -0.15) is 5.26 Å². The van der Waals surface area contributed by atoms with Crippen LogP contribution in [0.4, 0.5) is 0 Å². The summed E-state index contributed by atoms with van der Waals surface area (Å²) < 4.78 is 12.0. The van der Waals surface area contributed by atoms with Crippen molar-refractivity contribution in [3.63, 3.8) is 0 Å². The number of methoxy groups -OCH3 is 1. The molecule has 154 valence electrons. The van der Waals surface area contributed by atoms with Crippen molar-refractivity contribution in [2.75, 3.05) is 7.11 Å². The van der Waals surface area contributed by atoms with E-state index in [0.717, 1.165) is 42.6 Å². The Bertz CT molecular complexity index is 890. The number of rotatable bonds is 8. The maximum atomic E-state index is 10.4. The standard InChI is InChI=1S/C25H33NO2Si/c1-7-8-9-10-12-20(2)18-25(19-26,28-29(4,5)6)24-14-11-13-21-17-22(27-3)15-16-23(21)24/h12,14-17H,9-11,13,18H2,1-6H3/b20-12+. The van der Waals surface area contributed by atoms with Crippen LogP contribution in [-0.2, 0) is 10.8 Å². The molecule has 0 radical (unpaired) electrons. The van der Waals surface area contributed by atoms with Gasteiger partial charge < -0.3 is 9.16 Å². The van der Waals surface area contributed by atoms with E-state index < -0.39 is 13.9 Å². The van der Waals surface area contributed by atoms with Crippen LogP contribution >= 0.6 is 0 Å². The summed E-state index contributed by atoms with van der Waals surface area (Å²) in [5, 5.41) is 10.4. The van der Waals surface area contributed by atoms with Crippen molar-refractivity contribution in [2.45, 2.75) is 71.2 Å². The van der Waals surface area contributed by atoms with Crippen LogP contribution in [-0.4, -0.2) is 21.0 Å². The van der Waals surface area contributed by atoms with Gasteiger partial charge in [-0.1, -0.05) is 23.8 Å². The molecule has 1 aliphatic rings. The fourth-order valence-electron chi connectivity index (χ4n) is 3.84. The topological polar surface area (TPSA) is 42.2 Å². The van der Waals surface area contributed by atoms with Gasteiger partial charge >= 0.3 is 0 Å². The molecule has 0 amide bonds. The van der Waals surface area contributed by atoms with Gasteiger partial charge in [-0.05, 0) is 76.0 Å². The number of hydrogen-bond donors (Lipinski definition) is 0. The number of ether oxygens (including phenoxy) is 1. The number of hydrogen-bond acceptors (Lipinski definition) is 3. The lowest BCUT2D eigenvalue weighted by molar-refractivity contribution is 0.180. The summed E-state index contributed by atoms with van der Waals surface area (Å²) in [5.74, 6) is 6.89. The van der Waals surface area contributed by atoms with E-state index in [2.05, 4.69) is 68.8 Å². The highest BCUT2D eigenvalue weighted by molar-refractivity contribution is 6.70. The van der Waals surface area contributed by atoms with Crippen LogP contribution < -0.4 is 4.74 Å². The molecule has 0 saturated carbocycles. The van der Waals surface area contributed by atoms with Crippen molar-refractivity contribution in [2.24, 2.45) is 0 Å². The normalized spacial score (nSPS) is 15.9. The van der Waals surface area contributed by atoms with Crippen molar-refractivity contribution in [3.05, 3.63) is 47.1 Å². The third-order valence-corrected chi connectivity index (χ3v) is 5.89. The molecule has 0 aromatic heterocycles. The van der Waals surface area contributed by atoms with Crippen LogP contribution in [0.2, 0.25) is 19.6 Å². The minimum Gasteiger partial charge on any atom is -0.497 e. The van der Waals surface area contributed by atoms with Gasteiger partial charge in [-0.15, -0.1) is 11.8 Å². The zero-order valence-electron chi connectivity index (χ0n) is 18.7. The highest BCUT2D eigenvalue weighted by atomic mass is 28.4. The lowest BCUT2D eigenvalue weighted by Crippen LogP contribution is -2.43. The molecule has 1 aromatic rings. The van der Waals surface area contributed by atoms with E-state index in [1.165, 1.54) is 11.1 Å². The second kappa shape index (κ2) is 9.97. The molecule has 0 N–H and O–H groups in total. The van der Waals surface area contributed by atoms with Gasteiger partial charge in [0.2, 0.25) is 0 Å². The zero-order valence-corrected chi connectivity index (χ0v) is 19.7. The van der Waals surface area contributed by atoms with Crippen LogP contribution in [0.15, 0.2) is 35.9 Å². The van der Waals surface area contributed by atoms with Gasteiger partial charge in [0, 0.05) is 18.4 Å². The average Bonchev–Trinajstić information content (AvgIpc) is 2.68. The summed E-state index contributed by atoms with van der Waals surface area (Å²) in [6.45, 7) is 10.4. The van der Waals surface area contributed by atoms with Crippen molar-refractivity contribution in [1.82, 2.24) is 0 Å². The first-order valence-corrected chi connectivity index (χ1v) is 13.7. The molecule has 4 heteroatoms. The molecule has 0 bridgehead atoms. The number of fused-ring (bicyclic) bond motifs is 1. The van der Waals surface area contributed by atoms with E-state index in [0.29, 0.717) is 6.42 Å². The molecule has 29 heavy (non-hydrogen) atoms. The summed E-state index contributed by atoms with van der Waals surface area (Å²) in [5.41, 5.74) is 3.55. The predicted molar refractivity (Wildman–Crippen MR) is 123 cm³/mol. The van der Waals surface area contributed by atoms with Crippen LogP contribution in [0.1, 0.15) is 50.7 Å². The van der Waals surface area contributed by atoms with E-state index >= 15 is 0 Å². The molecular weight excluding hydrogens is 374 g/mol. The fourth-order valence-corrected chi connectivity index (χ4v) is 5.12. The number of aryl methyl sites for hydroxylation is 1. The van der Waals surface area contributed by atoms with Crippen molar-refractivity contribution in [1.29, 1.82) is 5.26 Å². The van der Waals surface area contributed by atoms with E-state index in [4.69, 9.17) is 9.16 Å². The minimum atomic E-state index is -1.98. The lowest BCUT2D eigenvalue weighted by Gasteiger charge is -2.38. The van der Waals surface area contributed by atoms with Gasteiger partial charge in [0.25, 0.3) is 0 Å². The molecule has 1 aliphatic carbocycles. The first-order valence-electron chi connectivity index (χ1n) is 10.3. The van der Waals surface area contributed by atoms with E-state index in [1.54, 1.807) is 7.11 Å². The summed E-state index contributed by atoms with van der Waals surface area (Å²) in [6.07, 6.45) is 8.57. The molecule has 0 saturated heterocycles. The van der Waals surface area contributed by atoms with Gasteiger partial charge in [-0.25, -0.2) is 0 Å². The Hall–Kier alpha value is -2.27. The smallest absolute Gasteiger partial charge is 0.186 e. The highest BCUT2D eigenvalue weighted by Crippen LogP contribution is 2.42. The number of benzene rings is 1. The molecule has 2 rings (SSSR count). The van der Waals surface area contributed by atoms with Crippen LogP contribution in [0.5, 0.6) is 5.75 Å². The first-order chi connectivity index (χ1) is 13.7. The fraction of sp³-hybridized carbons (Fsp3) is 0.480. The van der Waals surface area contributed by atoms with Crippen molar-refractivity contribution in [3.8, 4) is 23.7 Å². The SMILES string of the molecule is CC#CCC/C=C(\C)CC(C#N)(O[Si](C)(C)C)C1=CCCc2cc(OC)ccc21. The minimum absolute atomic E-state index is 0.574. The lowest BCUT2D eigenvalue weighted by atomic mass is 9.78. The average molecular weight is 408 g/mol. The molecule has 0 aliphatic heterocycles. The molecule has 1 aromatic carbocycles. The third kappa shape index (κ3) is 6.10. The second-order valence-electron chi connectivity index (χ2n) is 8.53. The molecule has 1 atom stereocenters. The van der Waals surface area contributed by atoms with Gasteiger partial charge in [0.1, 0.15) is 11.8 Å². The largest absolute Gasteiger partial charge is 0.497 e. The van der Waals surface area contributed by atoms with Gasteiger partial charge in [-0.3, -0.25) is 0 Å². The number of allylic oxidation sites excluding steroid dienone is 2. The monoisotopic (exact) mass is 407 g/mol. The summed E-state index contributed by atoms with van der Waals surface area (Å²) in [4.78, 5) is 0. The summed E-state index contributed by atoms with van der Waals surface area (Å²) in [6, 6.07) is 8.73. The van der Waals surface area contributed by atoms with E-state index in [9.17, 15) is 5.26 Å². The Morgan fingerprint density at radius 2 is 2.07 bits per heavy atom. The molecule has 0 heterocycles. The maximum absolute atomic E-state index is 10.4. The van der Waals surface area contributed by atoms with Crippen LogP contribution in [0.25, 0.3) is 5.57 Å². The Kier molecular flexibility index (Phi) is 7.91. The maximum Gasteiger partial charge on any atom is 0.186 e. The summed E-state index contributed by atoms with van der Waals surface area (Å²) >= 11 is 0. The highest BCUT2D eigenvalue weighted by Gasteiger charge is 2.42. The molecule has 0 spiro atoms. The van der Waals surface area contributed by atoms with E-state index in [1.807, 2.05) is 13.0 Å². The summed E-state index contributed by atoms with van der Waals surface area (Å²) in [7, 11) is -0.298. The third-order valence-electron chi connectivity index (χ3n) is 4.93.